The fourth-order valence-electron chi connectivity index (χ4n) is 1.55. The van der Waals surface area contributed by atoms with Crippen molar-refractivity contribution in [2.45, 2.75) is 6.04 Å². The first kappa shape index (κ1) is 11.1. The molecule has 0 fully saturated rings. The third kappa shape index (κ3) is 2.06. The van der Waals surface area contributed by atoms with E-state index in [0.717, 1.165) is 11.4 Å². The van der Waals surface area contributed by atoms with Crippen LogP contribution in [0.3, 0.4) is 0 Å². The third-order valence-corrected chi connectivity index (χ3v) is 2.59. The second kappa shape index (κ2) is 4.61. The number of hydrogen-bond acceptors (Lipinski definition) is 4. The highest BCUT2D eigenvalue weighted by atomic mass is 35.5. The van der Waals surface area contributed by atoms with Crippen molar-refractivity contribution in [3.8, 4) is 0 Å². The van der Waals surface area contributed by atoms with Gasteiger partial charge < -0.3 is 0 Å². The zero-order valence-corrected chi connectivity index (χ0v) is 9.52. The van der Waals surface area contributed by atoms with Crippen molar-refractivity contribution in [1.29, 1.82) is 0 Å². The van der Waals surface area contributed by atoms with Gasteiger partial charge in [0, 0.05) is 19.4 Å². The maximum atomic E-state index is 5.78. The number of halogens is 1. The van der Waals surface area contributed by atoms with Crippen LogP contribution >= 0.6 is 11.6 Å². The van der Waals surface area contributed by atoms with Crippen LogP contribution in [0.2, 0.25) is 5.02 Å². The lowest BCUT2D eigenvalue weighted by atomic mass is 10.1. The first-order valence-corrected chi connectivity index (χ1v) is 5.15. The minimum absolute atomic E-state index is 0.190. The zero-order valence-electron chi connectivity index (χ0n) is 8.76. The van der Waals surface area contributed by atoms with E-state index in [1.165, 1.54) is 0 Å². The number of aromatic nitrogens is 3. The summed E-state index contributed by atoms with van der Waals surface area (Å²) in [7, 11) is 1.86. The summed E-state index contributed by atoms with van der Waals surface area (Å²) >= 11 is 5.78. The number of nitrogens with two attached hydrogens (primary N) is 1. The molecule has 0 aliphatic rings. The number of aryl methyl sites for hydroxylation is 1. The Hall–Kier alpha value is -1.43. The average Bonchev–Trinajstić information content (AvgIpc) is 2.69. The molecule has 0 spiro atoms. The zero-order chi connectivity index (χ0) is 11.5. The van der Waals surface area contributed by atoms with Crippen molar-refractivity contribution in [2.24, 2.45) is 12.9 Å². The smallest absolute Gasteiger partial charge is 0.105 e. The van der Waals surface area contributed by atoms with Gasteiger partial charge in [-0.1, -0.05) is 11.6 Å². The molecule has 6 heteroatoms. The molecule has 0 aliphatic heterocycles. The molecule has 2 aromatic rings. The van der Waals surface area contributed by atoms with Crippen molar-refractivity contribution in [3.05, 3.63) is 47.0 Å². The maximum absolute atomic E-state index is 5.78. The van der Waals surface area contributed by atoms with Crippen molar-refractivity contribution >= 4 is 11.6 Å². The molecule has 0 radical (unpaired) electrons. The summed E-state index contributed by atoms with van der Waals surface area (Å²) < 4.78 is 1.75. The SMILES string of the molecule is Cn1nccc1C(NN)c1ccc(Cl)cn1. The molecule has 16 heavy (non-hydrogen) atoms. The molecule has 1 unspecified atom stereocenters. The Labute approximate surface area is 98.2 Å². The summed E-state index contributed by atoms with van der Waals surface area (Å²) in [5, 5.41) is 4.70. The van der Waals surface area contributed by atoms with Crippen LogP contribution in [0, 0.1) is 0 Å². The van der Waals surface area contributed by atoms with E-state index in [4.69, 9.17) is 17.4 Å². The summed E-state index contributed by atoms with van der Waals surface area (Å²) in [6.45, 7) is 0. The van der Waals surface area contributed by atoms with Crippen molar-refractivity contribution in [2.75, 3.05) is 0 Å². The van der Waals surface area contributed by atoms with Crippen LogP contribution in [0.4, 0.5) is 0 Å². The number of rotatable bonds is 3. The summed E-state index contributed by atoms with van der Waals surface area (Å²) in [4.78, 5) is 4.23. The van der Waals surface area contributed by atoms with Gasteiger partial charge in [0.25, 0.3) is 0 Å². The lowest BCUT2D eigenvalue weighted by molar-refractivity contribution is 0.564. The first-order chi connectivity index (χ1) is 7.72. The van der Waals surface area contributed by atoms with Crippen LogP contribution in [0.1, 0.15) is 17.4 Å². The van der Waals surface area contributed by atoms with Gasteiger partial charge in [-0.2, -0.15) is 5.10 Å². The second-order valence-electron chi connectivity index (χ2n) is 3.38. The Morgan fingerprint density at radius 3 is 2.75 bits per heavy atom. The molecule has 2 rings (SSSR count). The van der Waals surface area contributed by atoms with E-state index < -0.39 is 0 Å². The van der Waals surface area contributed by atoms with Gasteiger partial charge >= 0.3 is 0 Å². The minimum atomic E-state index is -0.190. The Kier molecular flexibility index (Phi) is 3.19. The highest BCUT2D eigenvalue weighted by Gasteiger charge is 2.16. The largest absolute Gasteiger partial charge is 0.271 e. The van der Waals surface area contributed by atoms with Crippen LogP contribution < -0.4 is 11.3 Å². The maximum Gasteiger partial charge on any atom is 0.105 e. The van der Waals surface area contributed by atoms with Gasteiger partial charge in [-0.3, -0.25) is 15.5 Å². The fourth-order valence-corrected chi connectivity index (χ4v) is 1.66. The topological polar surface area (TPSA) is 68.8 Å². The number of nitrogens with zero attached hydrogens (tertiary/aromatic N) is 3. The van der Waals surface area contributed by atoms with Crippen LogP contribution in [-0.4, -0.2) is 14.8 Å². The molecular weight excluding hydrogens is 226 g/mol. The van der Waals surface area contributed by atoms with Crippen molar-refractivity contribution in [3.63, 3.8) is 0 Å². The Balaban J connectivity index is 2.37. The predicted molar refractivity (Wildman–Crippen MR) is 61.6 cm³/mol. The van der Waals surface area contributed by atoms with E-state index in [-0.39, 0.29) is 6.04 Å². The van der Waals surface area contributed by atoms with Gasteiger partial charge in [0.2, 0.25) is 0 Å². The van der Waals surface area contributed by atoms with Gasteiger partial charge in [0.05, 0.1) is 16.4 Å². The number of hydrazine groups is 1. The van der Waals surface area contributed by atoms with Gasteiger partial charge in [0.15, 0.2) is 0 Å². The van der Waals surface area contributed by atoms with E-state index >= 15 is 0 Å². The quantitative estimate of drug-likeness (QED) is 0.618. The summed E-state index contributed by atoms with van der Waals surface area (Å²) in [6, 6.07) is 5.32. The number of pyridine rings is 1. The summed E-state index contributed by atoms with van der Waals surface area (Å²) in [5.74, 6) is 5.54. The Morgan fingerprint density at radius 1 is 1.44 bits per heavy atom. The van der Waals surface area contributed by atoms with Crippen LogP contribution in [0.15, 0.2) is 30.6 Å². The molecule has 1 atom stereocenters. The highest BCUT2D eigenvalue weighted by Crippen LogP contribution is 2.19. The molecule has 0 saturated carbocycles. The molecule has 0 aliphatic carbocycles. The van der Waals surface area contributed by atoms with E-state index in [2.05, 4.69) is 15.5 Å². The number of hydrogen-bond donors (Lipinski definition) is 2. The Bertz CT molecular complexity index is 464. The minimum Gasteiger partial charge on any atom is -0.271 e. The van der Waals surface area contributed by atoms with Crippen LogP contribution in [0.5, 0.6) is 0 Å². The molecule has 5 nitrogen and oxygen atoms in total. The van der Waals surface area contributed by atoms with E-state index in [0.29, 0.717) is 5.02 Å². The molecule has 0 aromatic carbocycles. The van der Waals surface area contributed by atoms with Crippen LogP contribution in [-0.2, 0) is 7.05 Å². The predicted octanol–water partition coefficient (Wildman–Crippen LogP) is 1.02. The van der Waals surface area contributed by atoms with Crippen molar-refractivity contribution in [1.82, 2.24) is 20.2 Å². The molecule has 0 amide bonds. The van der Waals surface area contributed by atoms with Crippen molar-refractivity contribution < 1.29 is 0 Å². The molecule has 0 saturated heterocycles. The van der Waals surface area contributed by atoms with Gasteiger partial charge in [-0.05, 0) is 18.2 Å². The molecule has 84 valence electrons. The molecule has 2 heterocycles. The van der Waals surface area contributed by atoms with E-state index in [9.17, 15) is 0 Å². The van der Waals surface area contributed by atoms with Gasteiger partial charge in [0.1, 0.15) is 6.04 Å². The number of nitrogens with one attached hydrogen (secondary N) is 1. The van der Waals surface area contributed by atoms with Crippen LogP contribution in [0.25, 0.3) is 0 Å². The lowest BCUT2D eigenvalue weighted by Crippen LogP contribution is -2.31. The normalized spacial score (nSPS) is 12.7. The monoisotopic (exact) mass is 237 g/mol. The molecule has 3 N–H and O–H groups in total. The fraction of sp³-hybridized carbons (Fsp3) is 0.200. The standard InChI is InChI=1S/C10H12ClN5/c1-16-9(4-5-14-16)10(15-12)8-3-2-7(11)6-13-8/h2-6,10,15H,12H2,1H3. The molecule has 0 bridgehead atoms. The average molecular weight is 238 g/mol. The van der Waals surface area contributed by atoms with E-state index in [1.807, 2.05) is 19.2 Å². The molecule has 2 aromatic heterocycles. The highest BCUT2D eigenvalue weighted by molar-refractivity contribution is 6.30. The van der Waals surface area contributed by atoms with Gasteiger partial charge in [-0.25, -0.2) is 5.43 Å². The van der Waals surface area contributed by atoms with E-state index in [1.54, 1.807) is 23.1 Å². The lowest BCUT2D eigenvalue weighted by Gasteiger charge is -2.15. The van der Waals surface area contributed by atoms with Gasteiger partial charge in [-0.15, -0.1) is 0 Å². The third-order valence-electron chi connectivity index (χ3n) is 2.37. The second-order valence-corrected chi connectivity index (χ2v) is 3.82. The first-order valence-electron chi connectivity index (χ1n) is 4.78. The summed E-state index contributed by atoms with van der Waals surface area (Å²) in [6.07, 6.45) is 3.31. The molecular formula is C10H12ClN5. The Morgan fingerprint density at radius 2 is 2.25 bits per heavy atom. The summed E-state index contributed by atoms with van der Waals surface area (Å²) in [5.41, 5.74) is 4.46.